The molecule has 0 heterocycles. The largest absolute Gasteiger partial charge is 0.320 e. The number of hydrogen-bond acceptors (Lipinski definition) is 3. The number of nitrogens with zero attached hydrogens (tertiary/aromatic N) is 1. The third-order valence-corrected chi connectivity index (χ3v) is 3.09. The molecule has 0 aliphatic carbocycles. The quantitative estimate of drug-likeness (QED) is 0.683. The molecule has 20 heavy (non-hydrogen) atoms. The lowest BCUT2D eigenvalue weighted by Gasteiger charge is -2.07. The van der Waals surface area contributed by atoms with Gasteiger partial charge in [0.05, 0.1) is 15.6 Å². The average Bonchev–Trinajstić information content (AvgIpc) is 2.41. The zero-order chi connectivity index (χ0) is 14.7. The Kier molecular flexibility index (Phi) is 4.22. The van der Waals surface area contributed by atoms with Gasteiger partial charge in [0, 0.05) is 11.1 Å². The number of para-hydroxylation sites is 1. The summed E-state index contributed by atoms with van der Waals surface area (Å²) in [7, 11) is 0. The minimum absolute atomic E-state index is 0.0840. The molecule has 0 atom stereocenters. The van der Waals surface area contributed by atoms with E-state index in [9.17, 15) is 14.9 Å². The molecule has 0 unspecified atom stereocenters. The molecule has 2 aromatic carbocycles. The maximum absolute atomic E-state index is 12.1. The molecule has 0 aliphatic heterocycles. The third-order valence-electron chi connectivity index (χ3n) is 2.52. The summed E-state index contributed by atoms with van der Waals surface area (Å²) in [6.07, 6.45) is 0. The molecule has 1 N–H and O–H groups in total. The van der Waals surface area contributed by atoms with Gasteiger partial charge < -0.3 is 5.32 Å². The Morgan fingerprint density at radius 2 is 1.85 bits per heavy atom. The first-order valence-electron chi connectivity index (χ1n) is 5.49. The predicted molar refractivity (Wildman–Crippen MR) is 77.5 cm³/mol. The molecule has 0 aliphatic rings. The molecule has 2 aromatic rings. The number of hydrogen-bond donors (Lipinski definition) is 1. The third kappa shape index (κ3) is 3.07. The van der Waals surface area contributed by atoms with Gasteiger partial charge in [-0.05, 0) is 24.3 Å². The van der Waals surface area contributed by atoms with Gasteiger partial charge in [-0.1, -0.05) is 35.3 Å². The lowest BCUT2D eigenvalue weighted by atomic mass is 10.1. The van der Waals surface area contributed by atoms with Gasteiger partial charge in [-0.25, -0.2) is 0 Å². The molecule has 5 nitrogen and oxygen atoms in total. The number of benzene rings is 2. The van der Waals surface area contributed by atoms with Crippen LogP contribution in [0.1, 0.15) is 10.4 Å². The van der Waals surface area contributed by atoms with E-state index >= 15 is 0 Å². The number of nitro groups is 1. The molecule has 2 rings (SSSR count). The second-order valence-corrected chi connectivity index (χ2v) is 4.70. The second-order valence-electron chi connectivity index (χ2n) is 3.85. The van der Waals surface area contributed by atoms with E-state index in [1.807, 2.05) is 0 Å². The van der Waals surface area contributed by atoms with Crippen LogP contribution in [0.3, 0.4) is 0 Å². The van der Waals surface area contributed by atoms with E-state index in [1.54, 1.807) is 24.3 Å². The van der Waals surface area contributed by atoms with Gasteiger partial charge in [0.15, 0.2) is 0 Å². The van der Waals surface area contributed by atoms with Crippen LogP contribution in [-0.4, -0.2) is 10.8 Å². The Labute approximate surface area is 124 Å². The fourth-order valence-corrected chi connectivity index (χ4v) is 1.95. The summed E-state index contributed by atoms with van der Waals surface area (Å²) < 4.78 is 0. The van der Waals surface area contributed by atoms with Crippen molar-refractivity contribution in [3.63, 3.8) is 0 Å². The van der Waals surface area contributed by atoms with Gasteiger partial charge >= 0.3 is 0 Å². The van der Waals surface area contributed by atoms with Crippen LogP contribution in [0.25, 0.3) is 0 Å². The summed E-state index contributed by atoms with van der Waals surface area (Å²) in [4.78, 5) is 22.4. The Balaban J connectivity index is 2.35. The first-order valence-corrected chi connectivity index (χ1v) is 6.24. The van der Waals surface area contributed by atoms with Gasteiger partial charge in [0.2, 0.25) is 0 Å². The molecule has 0 saturated carbocycles. The van der Waals surface area contributed by atoms with E-state index in [4.69, 9.17) is 23.2 Å². The van der Waals surface area contributed by atoms with E-state index in [-0.39, 0.29) is 16.3 Å². The van der Waals surface area contributed by atoms with E-state index in [0.29, 0.717) is 10.7 Å². The van der Waals surface area contributed by atoms with Crippen LogP contribution < -0.4 is 5.32 Å². The minimum atomic E-state index is -0.659. The highest BCUT2D eigenvalue weighted by molar-refractivity contribution is 6.34. The number of carbonyl (C=O) groups excluding carboxylic acids is 1. The molecule has 102 valence electrons. The predicted octanol–water partition coefficient (Wildman–Crippen LogP) is 4.15. The summed E-state index contributed by atoms with van der Waals surface area (Å²) in [5.41, 5.74) is -0.0650. The Hall–Kier alpha value is -2.11. The molecule has 1 amide bonds. The van der Waals surface area contributed by atoms with Gasteiger partial charge in [-0.3, -0.25) is 14.9 Å². The molecule has 0 fully saturated rings. The standard InChI is InChI=1S/C13H8Cl2N2O3/c14-8-5-6-9(12(7-8)17(19)20)13(18)16-11-4-2-1-3-10(11)15/h1-7H,(H,16,18). The van der Waals surface area contributed by atoms with Gasteiger partial charge in [-0.2, -0.15) is 0 Å². The maximum atomic E-state index is 12.1. The fraction of sp³-hybridized carbons (Fsp3) is 0. The van der Waals surface area contributed by atoms with Crippen LogP contribution >= 0.6 is 23.2 Å². The molecular weight excluding hydrogens is 303 g/mol. The van der Waals surface area contributed by atoms with Crippen molar-refractivity contribution in [2.24, 2.45) is 0 Å². The summed E-state index contributed by atoms with van der Waals surface area (Å²) in [6, 6.07) is 10.4. The Bertz CT molecular complexity index is 689. The molecule has 0 bridgehead atoms. The van der Waals surface area contributed by atoms with Crippen molar-refractivity contribution in [3.8, 4) is 0 Å². The van der Waals surface area contributed by atoms with Crippen LogP contribution in [0, 0.1) is 10.1 Å². The summed E-state index contributed by atoms with van der Waals surface area (Å²) >= 11 is 11.6. The topological polar surface area (TPSA) is 72.2 Å². The number of halogens is 2. The maximum Gasteiger partial charge on any atom is 0.283 e. The van der Waals surface area contributed by atoms with Crippen LogP contribution in [-0.2, 0) is 0 Å². The van der Waals surface area contributed by atoms with Crippen LogP contribution in [0.15, 0.2) is 42.5 Å². The molecule has 0 spiro atoms. The Morgan fingerprint density at radius 1 is 1.15 bits per heavy atom. The zero-order valence-corrected chi connectivity index (χ0v) is 11.5. The number of nitrogens with one attached hydrogen (secondary N) is 1. The van der Waals surface area contributed by atoms with E-state index < -0.39 is 10.8 Å². The highest BCUT2D eigenvalue weighted by Gasteiger charge is 2.21. The van der Waals surface area contributed by atoms with E-state index in [0.717, 1.165) is 6.07 Å². The van der Waals surface area contributed by atoms with Crippen molar-refractivity contribution < 1.29 is 9.72 Å². The molecule has 0 saturated heterocycles. The smallest absolute Gasteiger partial charge is 0.283 e. The minimum Gasteiger partial charge on any atom is -0.320 e. The summed E-state index contributed by atoms with van der Waals surface area (Å²) in [5.74, 6) is -0.624. The van der Waals surface area contributed by atoms with Crippen LogP contribution in [0.2, 0.25) is 10.0 Å². The number of anilines is 1. The first kappa shape index (κ1) is 14.3. The fourth-order valence-electron chi connectivity index (χ4n) is 1.60. The lowest BCUT2D eigenvalue weighted by Crippen LogP contribution is -2.14. The number of rotatable bonds is 3. The zero-order valence-electron chi connectivity index (χ0n) is 9.97. The van der Waals surface area contributed by atoms with Crippen LogP contribution in [0.4, 0.5) is 11.4 Å². The second kappa shape index (κ2) is 5.90. The average molecular weight is 311 g/mol. The summed E-state index contributed by atoms with van der Waals surface area (Å²) in [6.45, 7) is 0. The monoisotopic (exact) mass is 310 g/mol. The van der Waals surface area contributed by atoms with Crippen LogP contribution in [0.5, 0.6) is 0 Å². The Morgan fingerprint density at radius 3 is 2.50 bits per heavy atom. The van der Waals surface area contributed by atoms with Gasteiger partial charge in [0.1, 0.15) is 5.56 Å². The van der Waals surface area contributed by atoms with Crippen molar-refractivity contribution >= 4 is 40.5 Å². The van der Waals surface area contributed by atoms with E-state index in [1.165, 1.54) is 12.1 Å². The molecular formula is C13H8Cl2N2O3. The molecule has 0 aromatic heterocycles. The number of nitro benzene ring substituents is 1. The number of carbonyl (C=O) groups is 1. The first-order chi connectivity index (χ1) is 9.49. The van der Waals surface area contributed by atoms with Crippen molar-refractivity contribution in [1.29, 1.82) is 0 Å². The van der Waals surface area contributed by atoms with E-state index in [2.05, 4.69) is 5.32 Å². The highest BCUT2D eigenvalue weighted by atomic mass is 35.5. The van der Waals surface area contributed by atoms with Crippen molar-refractivity contribution in [1.82, 2.24) is 0 Å². The lowest BCUT2D eigenvalue weighted by molar-refractivity contribution is -0.385. The van der Waals surface area contributed by atoms with Gasteiger partial charge in [0.25, 0.3) is 11.6 Å². The highest BCUT2D eigenvalue weighted by Crippen LogP contribution is 2.26. The molecule has 0 radical (unpaired) electrons. The van der Waals surface area contributed by atoms with Crippen molar-refractivity contribution in [3.05, 3.63) is 68.2 Å². The normalized spacial score (nSPS) is 10.1. The SMILES string of the molecule is O=C(Nc1ccccc1Cl)c1ccc(Cl)cc1[N+](=O)[O-]. The van der Waals surface area contributed by atoms with Crippen molar-refractivity contribution in [2.45, 2.75) is 0 Å². The number of amides is 1. The summed E-state index contributed by atoms with van der Waals surface area (Å²) in [5, 5.41) is 14.0. The molecule has 7 heteroatoms. The van der Waals surface area contributed by atoms with Crippen molar-refractivity contribution in [2.75, 3.05) is 5.32 Å². The van der Waals surface area contributed by atoms with Gasteiger partial charge in [-0.15, -0.1) is 0 Å².